The van der Waals surface area contributed by atoms with Crippen molar-refractivity contribution in [1.29, 1.82) is 0 Å². The molecule has 6 nitrogen and oxygen atoms in total. The molecule has 27 heavy (non-hydrogen) atoms. The second-order valence-corrected chi connectivity index (χ2v) is 6.82. The van der Waals surface area contributed by atoms with Gasteiger partial charge in [-0.1, -0.05) is 48.0 Å². The number of carbonyl (C=O) groups is 3. The number of imide groups is 1. The maximum Gasteiger partial charge on any atom is 0.325 e. The molecule has 1 atom stereocenters. The Kier molecular flexibility index (Phi) is 5.54. The van der Waals surface area contributed by atoms with E-state index in [4.69, 9.17) is 0 Å². The van der Waals surface area contributed by atoms with E-state index in [1.807, 2.05) is 62.4 Å². The standard InChI is InChI=1S/C21H23N3O3/c1-14-8-10-17(15(2)12-14)22-19(25)13-24-20(26)18(23-21(24)27)11-9-16-6-4-3-5-7-16/h3-8,10,12,18H,9,11,13H2,1-2H3,(H,22,25)(H,23,27)/t18-/m1/s1. The molecule has 1 heterocycles. The summed E-state index contributed by atoms with van der Waals surface area (Å²) in [5.41, 5.74) is 3.81. The molecular weight excluding hydrogens is 342 g/mol. The Labute approximate surface area is 158 Å². The zero-order chi connectivity index (χ0) is 19.4. The van der Waals surface area contributed by atoms with Crippen LogP contribution >= 0.6 is 0 Å². The Morgan fingerprint density at radius 3 is 2.56 bits per heavy atom. The number of nitrogens with one attached hydrogen (secondary N) is 2. The first-order valence-corrected chi connectivity index (χ1v) is 8.97. The van der Waals surface area contributed by atoms with Crippen LogP contribution in [0.15, 0.2) is 48.5 Å². The normalized spacial score (nSPS) is 16.4. The summed E-state index contributed by atoms with van der Waals surface area (Å²) in [6, 6.07) is 14.3. The fourth-order valence-electron chi connectivity index (χ4n) is 3.17. The Bertz CT molecular complexity index is 864. The summed E-state index contributed by atoms with van der Waals surface area (Å²) in [4.78, 5) is 37.9. The molecule has 0 radical (unpaired) electrons. The van der Waals surface area contributed by atoms with Crippen molar-refractivity contribution in [3.8, 4) is 0 Å². The van der Waals surface area contributed by atoms with Crippen LogP contribution in [0.2, 0.25) is 0 Å². The largest absolute Gasteiger partial charge is 0.326 e. The third-order valence-corrected chi connectivity index (χ3v) is 4.63. The molecular formula is C21H23N3O3. The van der Waals surface area contributed by atoms with Crippen LogP contribution in [-0.2, 0) is 16.0 Å². The zero-order valence-electron chi connectivity index (χ0n) is 15.5. The van der Waals surface area contributed by atoms with E-state index in [9.17, 15) is 14.4 Å². The minimum atomic E-state index is -0.591. The van der Waals surface area contributed by atoms with Crippen molar-refractivity contribution in [2.45, 2.75) is 32.7 Å². The highest BCUT2D eigenvalue weighted by molar-refractivity contribution is 6.08. The van der Waals surface area contributed by atoms with Crippen LogP contribution in [-0.4, -0.2) is 35.3 Å². The number of anilines is 1. The van der Waals surface area contributed by atoms with Crippen LogP contribution in [0.1, 0.15) is 23.1 Å². The quantitative estimate of drug-likeness (QED) is 0.773. The highest BCUT2D eigenvalue weighted by Crippen LogP contribution is 2.17. The van der Waals surface area contributed by atoms with Crippen molar-refractivity contribution in [3.63, 3.8) is 0 Å². The predicted octanol–water partition coefficient (Wildman–Crippen LogP) is 2.80. The average molecular weight is 365 g/mol. The summed E-state index contributed by atoms with van der Waals surface area (Å²) in [6.45, 7) is 3.58. The van der Waals surface area contributed by atoms with Crippen LogP contribution in [0, 0.1) is 13.8 Å². The Hall–Kier alpha value is -3.15. The van der Waals surface area contributed by atoms with E-state index in [0.717, 1.165) is 21.6 Å². The van der Waals surface area contributed by atoms with Crippen molar-refractivity contribution in [2.75, 3.05) is 11.9 Å². The minimum absolute atomic E-state index is 0.292. The minimum Gasteiger partial charge on any atom is -0.326 e. The third kappa shape index (κ3) is 4.53. The summed E-state index contributed by atoms with van der Waals surface area (Å²) in [6.07, 6.45) is 1.18. The van der Waals surface area contributed by atoms with Gasteiger partial charge in [0, 0.05) is 5.69 Å². The maximum absolute atomic E-state index is 12.5. The molecule has 6 heteroatoms. The van der Waals surface area contributed by atoms with Crippen molar-refractivity contribution in [1.82, 2.24) is 10.2 Å². The first-order valence-electron chi connectivity index (χ1n) is 8.97. The van der Waals surface area contributed by atoms with E-state index in [0.29, 0.717) is 18.5 Å². The van der Waals surface area contributed by atoms with Crippen molar-refractivity contribution < 1.29 is 14.4 Å². The van der Waals surface area contributed by atoms with Gasteiger partial charge in [-0.05, 0) is 43.9 Å². The Morgan fingerprint density at radius 2 is 1.85 bits per heavy atom. The SMILES string of the molecule is Cc1ccc(NC(=O)CN2C(=O)N[C@H](CCc3ccccc3)C2=O)c(C)c1. The molecule has 1 aliphatic rings. The third-order valence-electron chi connectivity index (χ3n) is 4.63. The smallest absolute Gasteiger partial charge is 0.325 e. The molecule has 1 fully saturated rings. The fraction of sp³-hybridized carbons (Fsp3) is 0.286. The molecule has 4 amide bonds. The van der Waals surface area contributed by atoms with Gasteiger partial charge in [-0.15, -0.1) is 0 Å². The predicted molar refractivity (Wildman–Crippen MR) is 103 cm³/mol. The first kappa shape index (κ1) is 18.6. The van der Waals surface area contributed by atoms with Crippen molar-refractivity contribution >= 4 is 23.5 Å². The lowest BCUT2D eigenvalue weighted by Crippen LogP contribution is -2.38. The van der Waals surface area contributed by atoms with Gasteiger partial charge in [0.2, 0.25) is 5.91 Å². The number of hydrogen-bond donors (Lipinski definition) is 2. The number of aryl methyl sites for hydroxylation is 3. The number of benzene rings is 2. The molecule has 0 bridgehead atoms. The van der Waals surface area contributed by atoms with E-state index >= 15 is 0 Å². The topological polar surface area (TPSA) is 78.5 Å². The van der Waals surface area contributed by atoms with Gasteiger partial charge in [-0.3, -0.25) is 14.5 Å². The number of amides is 4. The van der Waals surface area contributed by atoms with E-state index in [-0.39, 0.29) is 12.5 Å². The molecule has 2 aromatic rings. The number of rotatable bonds is 6. The van der Waals surface area contributed by atoms with Gasteiger partial charge in [0.1, 0.15) is 12.6 Å². The second-order valence-electron chi connectivity index (χ2n) is 6.82. The Morgan fingerprint density at radius 1 is 1.11 bits per heavy atom. The van der Waals surface area contributed by atoms with Gasteiger partial charge < -0.3 is 10.6 Å². The van der Waals surface area contributed by atoms with Crippen LogP contribution in [0.3, 0.4) is 0 Å². The molecule has 0 unspecified atom stereocenters. The monoisotopic (exact) mass is 365 g/mol. The summed E-state index contributed by atoms with van der Waals surface area (Å²) < 4.78 is 0. The van der Waals surface area contributed by atoms with E-state index in [2.05, 4.69) is 10.6 Å². The lowest BCUT2D eigenvalue weighted by Gasteiger charge is -2.14. The van der Waals surface area contributed by atoms with E-state index in [1.54, 1.807) is 0 Å². The molecule has 0 aromatic heterocycles. The molecule has 0 saturated carbocycles. The van der Waals surface area contributed by atoms with Gasteiger partial charge in [-0.2, -0.15) is 0 Å². The molecule has 1 saturated heterocycles. The van der Waals surface area contributed by atoms with E-state index in [1.165, 1.54) is 0 Å². The van der Waals surface area contributed by atoms with Gasteiger partial charge in [0.25, 0.3) is 5.91 Å². The highest BCUT2D eigenvalue weighted by Gasteiger charge is 2.38. The Balaban J connectivity index is 1.57. The zero-order valence-corrected chi connectivity index (χ0v) is 15.5. The summed E-state index contributed by atoms with van der Waals surface area (Å²) in [5.74, 6) is -0.749. The molecule has 3 rings (SSSR count). The van der Waals surface area contributed by atoms with Crippen molar-refractivity contribution in [2.24, 2.45) is 0 Å². The summed E-state index contributed by atoms with van der Waals surface area (Å²) in [7, 11) is 0. The molecule has 0 aliphatic carbocycles. The van der Waals surface area contributed by atoms with Crippen LogP contribution in [0.5, 0.6) is 0 Å². The lowest BCUT2D eigenvalue weighted by molar-refractivity contribution is -0.130. The van der Waals surface area contributed by atoms with E-state index < -0.39 is 18.0 Å². The summed E-state index contributed by atoms with van der Waals surface area (Å²) >= 11 is 0. The second kappa shape index (κ2) is 8.03. The number of nitrogens with zero attached hydrogens (tertiary/aromatic N) is 1. The lowest BCUT2D eigenvalue weighted by atomic mass is 10.1. The molecule has 2 aromatic carbocycles. The molecule has 2 N–H and O–H groups in total. The molecule has 140 valence electrons. The van der Waals surface area contributed by atoms with Crippen LogP contribution in [0.25, 0.3) is 0 Å². The van der Waals surface area contributed by atoms with Gasteiger partial charge in [0.15, 0.2) is 0 Å². The van der Waals surface area contributed by atoms with Gasteiger partial charge in [-0.25, -0.2) is 4.79 Å². The van der Waals surface area contributed by atoms with Crippen LogP contribution in [0.4, 0.5) is 10.5 Å². The van der Waals surface area contributed by atoms with Gasteiger partial charge in [0.05, 0.1) is 0 Å². The van der Waals surface area contributed by atoms with Crippen LogP contribution < -0.4 is 10.6 Å². The van der Waals surface area contributed by atoms with Crippen molar-refractivity contribution in [3.05, 3.63) is 65.2 Å². The highest BCUT2D eigenvalue weighted by atomic mass is 16.2. The molecule has 1 aliphatic heterocycles. The number of hydrogen-bond acceptors (Lipinski definition) is 3. The first-order chi connectivity index (χ1) is 12.9. The maximum atomic E-state index is 12.5. The summed E-state index contributed by atoms with van der Waals surface area (Å²) in [5, 5.41) is 5.43. The fourth-order valence-corrected chi connectivity index (χ4v) is 3.17. The average Bonchev–Trinajstić information content (AvgIpc) is 2.91. The number of carbonyl (C=O) groups excluding carboxylic acids is 3. The van der Waals surface area contributed by atoms with Gasteiger partial charge >= 0.3 is 6.03 Å². The molecule has 0 spiro atoms. The number of urea groups is 1.